The molecule has 6 nitrogen and oxygen atoms in total. The highest BCUT2D eigenvalue weighted by Crippen LogP contribution is 2.25. The summed E-state index contributed by atoms with van der Waals surface area (Å²) in [4.78, 5) is 16.3. The second kappa shape index (κ2) is 7.93. The molecule has 1 aromatic rings. The molecular formula is C15H22FN3O3. The molecule has 1 aliphatic rings. The van der Waals surface area contributed by atoms with E-state index in [1.54, 1.807) is 30.3 Å². The van der Waals surface area contributed by atoms with Crippen molar-refractivity contribution in [2.75, 3.05) is 39.9 Å². The average Bonchev–Trinajstić information content (AvgIpc) is 2.55. The minimum absolute atomic E-state index is 0.266. The zero-order valence-corrected chi connectivity index (χ0v) is 12.8. The smallest absolute Gasteiger partial charge is 0.257 e. The fraction of sp³-hybridized carbons (Fsp3) is 0.600. The van der Waals surface area contributed by atoms with Crippen LogP contribution in [-0.2, 0) is 4.79 Å². The van der Waals surface area contributed by atoms with Crippen LogP contribution in [0, 0.1) is 0 Å². The lowest BCUT2D eigenvalue weighted by atomic mass is 9.93. The highest BCUT2D eigenvalue weighted by molar-refractivity contribution is 5.47. The van der Waals surface area contributed by atoms with Crippen LogP contribution in [0.4, 0.5) is 4.39 Å². The lowest BCUT2D eigenvalue weighted by molar-refractivity contribution is -0.120. The largest absolute Gasteiger partial charge is 0.491 e. The fourth-order valence-electron chi connectivity index (χ4n) is 2.38. The highest BCUT2D eigenvalue weighted by atomic mass is 19.1. The van der Waals surface area contributed by atoms with Crippen LogP contribution in [0.3, 0.4) is 0 Å². The summed E-state index contributed by atoms with van der Waals surface area (Å²) in [5, 5.41) is 3.06. The minimum Gasteiger partial charge on any atom is -0.491 e. The Bertz CT molecular complexity index is 479. The Labute approximate surface area is 129 Å². The molecule has 0 aliphatic carbocycles. The zero-order chi connectivity index (χ0) is 15.8. The number of aromatic nitrogens is 1. The number of carbonyl (C=O) groups excluding carboxylic acids is 1. The van der Waals surface area contributed by atoms with E-state index in [9.17, 15) is 9.18 Å². The predicted octanol–water partition coefficient (Wildman–Crippen LogP) is 1.02. The van der Waals surface area contributed by atoms with Gasteiger partial charge in [-0.25, -0.2) is 9.37 Å². The molecule has 2 rings (SSSR count). The summed E-state index contributed by atoms with van der Waals surface area (Å²) < 4.78 is 25.1. The van der Waals surface area contributed by atoms with Crippen molar-refractivity contribution < 1.29 is 18.7 Å². The summed E-state index contributed by atoms with van der Waals surface area (Å²) in [5.74, 6) is 1.01. The third kappa shape index (κ3) is 4.56. The Morgan fingerprint density at radius 2 is 2.27 bits per heavy atom. The van der Waals surface area contributed by atoms with Crippen molar-refractivity contribution in [1.29, 1.82) is 0 Å². The van der Waals surface area contributed by atoms with E-state index in [2.05, 4.69) is 10.3 Å². The van der Waals surface area contributed by atoms with E-state index in [1.807, 2.05) is 0 Å². The molecule has 7 heteroatoms. The molecule has 0 aromatic carbocycles. The quantitative estimate of drug-likeness (QED) is 0.574. The van der Waals surface area contributed by atoms with Crippen LogP contribution >= 0.6 is 0 Å². The van der Waals surface area contributed by atoms with Crippen LogP contribution in [0.15, 0.2) is 18.3 Å². The number of nitrogens with zero attached hydrogens (tertiary/aromatic N) is 2. The van der Waals surface area contributed by atoms with Crippen molar-refractivity contribution in [3.8, 4) is 11.6 Å². The van der Waals surface area contributed by atoms with Crippen LogP contribution in [0.2, 0.25) is 0 Å². The van der Waals surface area contributed by atoms with Crippen molar-refractivity contribution in [3.63, 3.8) is 0 Å². The van der Waals surface area contributed by atoms with E-state index < -0.39 is 5.67 Å². The monoisotopic (exact) mass is 311 g/mol. The number of hydrogen-bond donors (Lipinski definition) is 1. The van der Waals surface area contributed by atoms with Gasteiger partial charge in [-0.15, -0.1) is 0 Å². The molecule has 0 bridgehead atoms. The van der Waals surface area contributed by atoms with Crippen molar-refractivity contribution >= 4 is 6.41 Å². The van der Waals surface area contributed by atoms with Gasteiger partial charge in [0.25, 0.3) is 5.88 Å². The molecule has 122 valence electrons. The number of likely N-dealkylation sites (tertiary alicyclic amines) is 1. The fourth-order valence-corrected chi connectivity index (χ4v) is 2.38. The maximum absolute atomic E-state index is 14.5. The van der Waals surface area contributed by atoms with E-state index in [4.69, 9.17) is 9.47 Å². The number of ether oxygens (including phenoxy) is 2. The van der Waals surface area contributed by atoms with Crippen LogP contribution < -0.4 is 14.8 Å². The second-order valence-electron chi connectivity index (χ2n) is 5.33. The summed E-state index contributed by atoms with van der Waals surface area (Å²) >= 11 is 0. The van der Waals surface area contributed by atoms with Gasteiger partial charge >= 0.3 is 0 Å². The SMILES string of the molecule is COc1cccnc1OCCNCC1(F)CCN(C=O)CC1. The third-order valence-electron chi connectivity index (χ3n) is 3.76. The first-order chi connectivity index (χ1) is 10.7. The van der Waals surface area contributed by atoms with Gasteiger partial charge in [-0.05, 0) is 12.1 Å². The molecule has 1 aromatic heterocycles. The Hall–Kier alpha value is -1.89. The van der Waals surface area contributed by atoms with Crippen LogP contribution in [0.1, 0.15) is 12.8 Å². The number of rotatable bonds is 8. The number of halogens is 1. The molecular weight excluding hydrogens is 289 g/mol. The number of nitrogens with one attached hydrogen (secondary N) is 1. The third-order valence-corrected chi connectivity index (χ3v) is 3.76. The van der Waals surface area contributed by atoms with Crippen molar-refractivity contribution in [1.82, 2.24) is 15.2 Å². The molecule has 1 saturated heterocycles. The first kappa shape index (κ1) is 16.5. The molecule has 0 radical (unpaired) electrons. The lowest BCUT2D eigenvalue weighted by Crippen LogP contribution is -2.47. The minimum atomic E-state index is -1.25. The van der Waals surface area contributed by atoms with Crippen molar-refractivity contribution in [3.05, 3.63) is 18.3 Å². The average molecular weight is 311 g/mol. The van der Waals surface area contributed by atoms with Gasteiger partial charge in [-0.2, -0.15) is 0 Å². The molecule has 0 spiro atoms. The van der Waals surface area contributed by atoms with Gasteiger partial charge in [0, 0.05) is 45.2 Å². The van der Waals surface area contributed by atoms with E-state index in [-0.39, 0.29) is 6.54 Å². The lowest BCUT2D eigenvalue weighted by Gasteiger charge is -2.34. The molecule has 1 N–H and O–H groups in total. The number of pyridine rings is 1. The molecule has 2 heterocycles. The van der Waals surface area contributed by atoms with E-state index in [0.29, 0.717) is 50.7 Å². The molecule has 1 aliphatic heterocycles. The van der Waals surface area contributed by atoms with E-state index in [1.165, 1.54) is 0 Å². The van der Waals surface area contributed by atoms with E-state index >= 15 is 0 Å². The number of methoxy groups -OCH3 is 1. The van der Waals surface area contributed by atoms with Crippen LogP contribution in [0.25, 0.3) is 0 Å². The van der Waals surface area contributed by atoms with Gasteiger partial charge in [-0.1, -0.05) is 0 Å². The Balaban J connectivity index is 1.66. The number of carbonyl (C=O) groups is 1. The standard InChI is InChI=1S/C15H22FN3O3/c1-21-13-3-2-6-18-14(13)22-10-7-17-11-15(16)4-8-19(12-20)9-5-15/h2-3,6,12,17H,4-5,7-11H2,1H3. The van der Waals surface area contributed by atoms with E-state index in [0.717, 1.165) is 6.41 Å². The molecule has 0 saturated carbocycles. The summed E-state index contributed by atoms with van der Waals surface area (Å²) in [6, 6.07) is 3.54. The van der Waals surface area contributed by atoms with Gasteiger partial charge in [-0.3, -0.25) is 4.79 Å². The predicted molar refractivity (Wildman–Crippen MR) is 79.9 cm³/mol. The normalized spacial score (nSPS) is 17.1. The summed E-state index contributed by atoms with van der Waals surface area (Å²) in [7, 11) is 1.56. The molecule has 1 fully saturated rings. The number of hydrogen-bond acceptors (Lipinski definition) is 5. The maximum atomic E-state index is 14.5. The summed E-state index contributed by atoms with van der Waals surface area (Å²) in [5.41, 5.74) is -1.25. The van der Waals surface area contributed by atoms with Gasteiger partial charge in [0.1, 0.15) is 12.3 Å². The first-order valence-electron chi connectivity index (χ1n) is 7.38. The van der Waals surface area contributed by atoms with Gasteiger partial charge < -0.3 is 19.7 Å². The number of piperidine rings is 1. The second-order valence-corrected chi connectivity index (χ2v) is 5.33. The zero-order valence-electron chi connectivity index (χ0n) is 12.8. The molecule has 1 amide bonds. The van der Waals surface area contributed by atoms with Crippen molar-refractivity contribution in [2.24, 2.45) is 0 Å². The van der Waals surface area contributed by atoms with Crippen LogP contribution in [0.5, 0.6) is 11.6 Å². The van der Waals surface area contributed by atoms with Gasteiger partial charge in [0.05, 0.1) is 7.11 Å². The van der Waals surface area contributed by atoms with Crippen LogP contribution in [-0.4, -0.2) is 61.9 Å². The Morgan fingerprint density at radius 1 is 1.50 bits per heavy atom. The first-order valence-corrected chi connectivity index (χ1v) is 7.38. The topological polar surface area (TPSA) is 63.7 Å². The van der Waals surface area contributed by atoms with Gasteiger partial charge in [0.2, 0.25) is 6.41 Å². The Kier molecular flexibility index (Phi) is 5.94. The number of amides is 1. The Morgan fingerprint density at radius 3 is 2.95 bits per heavy atom. The molecule has 0 atom stereocenters. The highest BCUT2D eigenvalue weighted by Gasteiger charge is 2.33. The molecule has 22 heavy (non-hydrogen) atoms. The van der Waals surface area contributed by atoms with Gasteiger partial charge in [0.15, 0.2) is 5.75 Å². The number of alkyl halides is 1. The maximum Gasteiger partial charge on any atom is 0.257 e. The molecule has 0 unspecified atom stereocenters. The van der Waals surface area contributed by atoms with Crippen molar-refractivity contribution in [2.45, 2.75) is 18.5 Å². The summed E-state index contributed by atoms with van der Waals surface area (Å²) in [6.45, 7) is 2.11. The summed E-state index contributed by atoms with van der Waals surface area (Å²) in [6.07, 6.45) is 3.14.